The van der Waals surface area contributed by atoms with Crippen molar-refractivity contribution in [2.45, 2.75) is 34.6 Å². The van der Waals surface area contributed by atoms with E-state index in [2.05, 4.69) is 79.7 Å². The SMILES string of the molecule is C/C=C\C(=C/C)c1nc(-c2ccc(C)cc2)nc(-c2ccc(-c3ccccc3)cc2)n1.CC. The molecular weight excluding hydrogens is 402 g/mol. The van der Waals surface area contributed by atoms with Gasteiger partial charge in [-0.25, -0.2) is 15.0 Å². The highest BCUT2D eigenvalue weighted by atomic mass is 15.0. The minimum Gasteiger partial charge on any atom is -0.208 e. The molecule has 0 aliphatic heterocycles. The monoisotopic (exact) mass is 433 g/mol. The lowest BCUT2D eigenvalue weighted by Crippen LogP contribution is -2.02. The number of hydrogen-bond donors (Lipinski definition) is 0. The van der Waals surface area contributed by atoms with Gasteiger partial charge in [0.25, 0.3) is 0 Å². The predicted octanol–water partition coefficient (Wildman–Crippen LogP) is 8.19. The van der Waals surface area contributed by atoms with Crippen LogP contribution in [0.4, 0.5) is 0 Å². The molecule has 0 unspecified atom stereocenters. The summed E-state index contributed by atoms with van der Waals surface area (Å²) >= 11 is 0. The average Bonchev–Trinajstić information content (AvgIpc) is 2.89. The fraction of sp³-hybridized carbons (Fsp3) is 0.167. The van der Waals surface area contributed by atoms with Gasteiger partial charge in [0, 0.05) is 16.7 Å². The van der Waals surface area contributed by atoms with E-state index < -0.39 is 0 Å². The van der Waals surface area contributed by atoms with Crippen LogP contribution in [0.1, 0.15) is 39.1 Å². The van der Waals surface area contributed by atoms with Gasteiger partial charge in [0.2, 0.25) is 0 Å². The standard InChI is InChI=1S/C28H25N3.C2H6/c1-4-9-21(5-2)26-29-27(24-14-12-20(3)13-15-24)31-28(30-26)25-18-16-23(17-19-25)22-10-7-6-8-11-22;1-2/h4-19H,1-3H3;1-2H3/b9-4-,21-5+;. The van der Waals surface area contributed by atoms with Gasteiger partial charge in [-0.05, 0) is 31.9 Å². The first-order valence-electron chi connectivity index (χ1n) is 11.5. The second kappa shape index (κ2) is 11.7. The molecule has 3 nitrogen and oxygen atoms in total. The summed E-state index contributed by atoms with van der Waals surface area (Å²) in [4.78, 5) is 14.4. The van der Waals surface area contributed by atoms with E-state index in [-0.39, 0.29) is 0 Å². The van der Waals surface area contributed by atoms with Crippen LogP contribution >= 0.6 is 0 Å². The van der Waals surface area contributed by atoms with Crippen LogP contribution in [0.2, 0.25) is 0 Å². The molecule has 0 aliphatic carbocycles. The molecule has 0 fully saturated rings. The minimum atomic E-state index is 0.670. The second-order valence-corrected chi connectivity index (χ2v) is 7.36. The molecule has 0 bridgehead atoms. The molecule has 0 amide bonds. The highest BCUT2D eigenvalue weighted by molar-refractivity contribution is 5.73. The van der Waals surface area contributed by atoms with Crippen molar-refractivity contribution >= 4 is 5.57 Å². The number of aryl methyl sites for hydroxylation is 1. The Hall–Kier alpha value is -3.85. The first-order valence-corrected chi connectivity index (χ1v) is 11.5. The van der Waals surface area contributed by atoms with Crippen LogP contribution in [-0.4, -0.2) is 15.0 Å². The van der Waals surface area contributed by atoms with Crippen molar-refractivity contribution < 1.29 is 0 Å². The largest absolute Gasteiger partial charge is 0.208 e. The molecule has 0 saturated heterocycles. The van der Waals surface area contributed by atoms with Crippen molar-refractivity contribution in [1.29, 1.82) is 0 Å². The van der Waals surface area contributed by atoms with Crippen LogP contribution in [0.5, 0.6) is 0 Å². The summed E-state index contributed by atoms with van der Waals surface area (Å²) in [6.45, 7) is 10.1. The van der Waals surface area contributed by atoms with E-state index in [0.717, 1.165) is 16.7 Å². The third-order valence-electron chi connectivity index (χ3n) is 5.11. The first-order chi connectivity index (χ1) is 16.2. The Labute approximate surface area is 197 Å². The summed E-state index contributed by atoms with van der Waals surface area (Å²) in [5.41, 5.74) is 6.48. The van der Waals surface area contributed by atoms with E-state index in [1.165, 1.54) is 16.7 Å². The van der Waals surface area contributed by atoms with Crippen LogP contribution in [-0.2, 0) is 0 Å². The minimum absolute atomic E-state index is 0.670. The summed E-state index contributed by atoms with van der Waals surface area (Å²) in [5, 5.41) is 0. The molecule has 0 saturated carbocycles. The fourth-order valence-electron chi connectivity index (χ4n) is 3.39. The zero-order chi connectivity index (χ0) is 23.6. The average molecular weight is 434 g/mol. The third-order valence-corrected chi connectivity index (χ3v) is 5.11. The normalized spacial score (nSPS) is 11.2. The van der Waals surface area contributed by atoms with Crippen molar-refractivity contribution in [1.82, 2.24) is 15.0 Å². The van der Waals surface area contributed by atoms with Crippen molar-refractivity contribution in [3.8, 4) is 33.9 Å². The topological polar surface area (TPSA) is 38.7 Å². The second-order valence-electron chi connectivity index (χ2n) is 7.36. The van der Waals surface area contributed by atoms with Gasteiger partial charge in [0.05, 0.1) is 0 Å². The molecule has 0 radical (unpaired) electrons. The van der Waals surface area contributed by atoms with Crippen LogP contribution < -0.4 is 0 Å². The maximum atomic E-state index is 4.81. The van der Waals surface area contributed by atoms with Crippen molar-refractivity contribution in [2.75, 3.05) is 0 Å². The van der Waals surface area contributed by atoms with Gasteiger partial charge in [0.1, 0.15) is 0 Å². The highest BCUT2D eigenvalue weighted by Gasteiger charge is 2.12. The molecule has 0 atom stereocenters. The molecule has 0 spiro atoms. The van der Waals surface area contributed by atoms with Crippen LogP contribution in [0.15, 0.2) is 97.1 Å². The molecule has 33 heavy (non-hydrogen) atoms. The molecule has 0 N–H and O–H groups in total. The van der Waals surface area contributed by atoms with Crippen molar-refractivity contribution in [2.24, 2.45) is 0 Å². The Morgan fingerprint density at radius 2 is 1.09 bits per heavy atom. The first kappa shape index (κ1) is 23.8. The van der Waals surface area contributed by atoms with Crippen molar-refractivity contribution in [3.63, 3.8) is 0 Å². The molecular formula is C30H31N3. The third kappa shape index (κ3) is 5.89. The van der Waals surface area contributed by atoms with Gasteiger partial charge in [0.15, 0.2) is 17.5 Å². The van der Waals surface area contributed by atoms with E-state index >= 15 is 0 Å². The van der Waals surface area contributed by atoms with E-state index in [1.807, 2.05) is 52.0 Å². The Morgan fingerprint density at radius 3 is 1.61 bits per heavy atom. The molecule has 3 aromatic carbocycles. The summed E-state index contributed by atoms with van der Waals surface area (Å²) in [7, 11) is 0. The predicted molar refractivity (Wildman–Crippen MR) is 141 cm³/mol. The number of aromatic nitrogens is 3. The summed E-state index contributed by atoms with van der Waals surface area (Å²) in [6, 6.07) is 27.0. The fourth-order valence-corrected chi connectivity index (χ4v) is 3.39. The van der Waals surface area contributed by atoms with Crippen LogP contribution in [0.3, 0.4) is 0 Å². The van der Waals surface area contributed by atoms with Crippen LogP contribution in [0, 0.1) is 6.92 Å². The number of nitrogens with zero attached hydrogens (tertiary/aromatic N) is 3. The molecule has 4 rings (SSSR count). The zero-order valence-corrected chi connectivity index (χ0v) is 20.1. The lowest BCUT2D eigenvalue weighted by Gasteiger charge is -2.09. The molecule has 1 heterocycles. The summed E-state index contributed by atoms with van der Waals surface area (Å²) in [6.07, 6.45) is 6.05. The lowest BCUT2D eigenvalue weighted by molar-refractivity contribution is 1.04. The quantitative estimate of drug-likeness (QED) is 0.298. The van der Waals surface area contributed by atoms with E-state index in [0.29, 0.717) is 17.5 Å². The van der Waals surface area contributed by atoms with Crippen molar-refractivity contribution in [3.05, 3.63) is 108 Å². The Balaban J connectivity index is 0.00000149. The van der Waals surface area contributed by atoms with Gasteiger partial charge in [-0.15, -0.1) is 0 Å². The van der Waals surface area contributed by atoms with E-state index in [4.69, 9.17) is 15.0 Å². The van der Waals surface area contributed by atoms with Gasteiger partial charge in [-0.2, -0.15) is 0 Å². The maximum Gasteiger partial charge on any atom is 0.164 e. The van der Waals surface area contributed by atoms with E-state index in [1.54, 1.807) is 0 Å². The molecule has 3 heteroatoms. The Morgan fingerprint density at radius 1 is 0.606 bits per heavy atom. The van der Waals surface area contributed by atoms with Crippen LogP contribution in [0.25, 0.3) is 39.5 Å². The van der Waals surface area contributed by atoms with Gasteiger partial charge in [-0.3, -0.25) is 0 Å². The number of benzene rings is 3. The molecule has 0 aliphatic rings. The van der Waals surface area contributed by atoms with Gasteiger partial charge < -0.3 is 0 Å². The Bertz CT molecular complexity index is 1220. The maximum absolute atomic E-state index is 4.81. The Kier molecular flexibility index (Phi) is 8.43. The smallest absolute Gasteiger partial charge is 0.164 e. The molecule has 1 aromatic heterocycles. The summed E-state index contributed by atoms with van der Waals surface area (Å²) < 4.78 is 0. The van der Waals surface area contributed by atoms with Gasteiger partial charge in [-0.1, -0.05) is 117 Å². The zero-order valence-electron chi connectivity index (χ0n) is 20.1. The number of allylic oxidation sites excluding steroid dienone is 4. The summed E-state index contributed by atoms with van der Waals surface area (Å²) in [5.74, 6) is 2.02. The number of hydrogen-bond acceptors (Lipinski definition) is 3. The highest BCUT2D eigenvalue weighted by Crippen LogP contribution is 2.26. The van der Waals surface area contributed by atoms with E-state index in [9.17, 15) is 0 Å². The molecule has 4 aromatic rings. The number of rotatable bonds is 5. The lowest BCUT2D eigenvalue weighted by atomic mass is 10.0. The molecule has 166 valence electrons. The van der Waals surface area contributed by atoms with Gasteiger partial charge >= 0.3 is 0 Å².